The molecule has 3 rings (SSSR count). The average Bonchev–Trinajstić information content (AvgIpc) is 3.09. The van der Waals surface area contributed by atoms with Crippen LogP contribution in [0.5, 0.6) is 0 Å². The van der Waals surface area contributed by atoms with Crippen LogP contribution in [0.25, 0.3) is 0 Å². The van der Waals surface area contributed by atoms with Gasteiger partial charge in [0.05, 0.1) is 11.9 Å². The molecule has 1 aromatic heterocycles. The Morgan fingerprint density at radius 2 is 2.07 bits per heavy atom. The van der Waals surface area contributed by atoms with E-state index in [1.807, 2.05) is 18.2 Å². The Hall–Kier alpha value is -2.32. The number of para-hydroxylation sites is 1. The molecule has 2 amide bonds. The van der Waals surface area contributed by atoms with Crippen LogP contribution in [0.4, 0.5) is 10.5 Å². The predicted octanol–water partition coefficient (Wildman–Crippen LogP) is 5.12. The predicted molar refractivity (Wildman–Crippen MR) is 117 cm³/mol. The van der Waals surface area contributed by atoms with Crippen LogP contribution >= 0.6 is 0 Å². The van der Waals surface area contributed by atoms with Gasteiger partial charge in [0.15, 0.2) is 9.92 Å². The number of carbonyl (C=O) groups is 1. The Morgan fingerprint density at radius 3 is 2.60 bits per heavy atom. The molecule has 1 heterocycles. The topological polar surface area (TPSA) is 115 Å². The molecule has 164 valence electrons. The number of hydrogen-bond donors (Lipinski definition) is 4. The van der Waals surface area contributed by atoms with Crippen molar-refractivity contribution >= 4 is 21.6 Å². The van der Waals surface area contributed by atoms with Crippen molar-refractivity contribution in [2.24, 2.45) is 5.92 Å². The Bertz CT molecular complexity index is 1020. The zero-order chi connectivity index (χ0) is 22.1. The van der Waals surface area contributed by atoms with E-state index in [2.05, 4.69) is 23.9 Å². The Kier molecular flexibility index (Phi) is 6.29. The highest BCUT2D eigenvalue weighted by Gasteiger charge is 2.25. The van der Waals surface area contributed by atoms with E-state index >= 15 is 0 Å². The van der Waals surface area contributed by atoms with Crippen molar-refractivity contribution in [1.29, 1.82) is 4.78 Å². The molecule has 1 aliphatic carbocycles. The molecule has 0 unspecified atom stereocenters. The van der Waals surface area contributed by atoms with E-state index < -0.39 is 21.5 Å². The number of aliphatic hydroxyl groups is 1. The van der Waals surface area contributed by atoms with Gasteiger partial charge in [-0.05, 0) is 43.2 Å². The third kappa shape index (κ3) is 5.05. The van der Waals surface area contributed by atoms with E-state index in [1.54, 1.807) is 13.8 Å². The monoisotopic (exact) mass is 433 g/mol. The molecule has 7 nitrogen and oxygen atoms in total. The first-order valence-corrected chi connectivity index (χ1v) is 11.8. The van der Waals surface area contributed by atoms with E-state index in [0.29, 0.717) is 11.5 Å². The van der Waals surface area contributed by atoms with E-state index in [0.717, 1.165) is 23.2 Å². The van der Waals surface area contributed by atoms with Crippen molar-refractivity contribution in [1.82, 2.24) is 4.72 Å². The van der Waals surface area contributed by atoms with E-state index in [-0.39, 0.29) is 11.0 Å². The van der Waals surface area contributed by atoms with Gasteiger partial charge in [-0.3, -0.25) is 0 Å². The number of rotatable bonds is 7. The van der Waals surface area contributed by atoms with Gasteiger partial charge in [-0.2, -0.15) is 0 Å². The van der Waals surface area contributed by atoms with Crippen molar-refractivity contribution in [2.45, 2.75) is 70.0 Å². The Labute approximate surface area is 178 Å². The van der Waals surface area contributed by atoms with Gasteiger partial charge in [0.2, 0.25) is 5.09 Å². The second-order valence-electron chi connectivity index (χ2n) is 8.86. The van der Waals surface area contributed by atoms with Crippen LogP contribution in [0.2, 0.25) is 0 Å². The molecule has 2 aromatic rings. The first-order valence-electron chi connectivity index (χ1n) is 10.3. The van der Waals surface area contributed by atoms with Gasteiger partial charge in [0, 0.05) is 17.3 Å². The van der Waals surface area contributed by atoms with Crippen molar-refractivity contribution < 1.29 is 18.5 Å². The van der Waals surface area contributed by atoms with E-state index in [4.69, 9.17) is 9.20 Å². The Balaban J connectivity index is 1.80. The standard InChI is InChI=1S/C22H31N3O4S/c1-14(2)18-10-6-9-16(11-15-7-5-8-15)20(18)24-21(26)25-30(23,28)19-12-17(13-29-19)22(3,4)27/h6,9-10,12-15,27H,5,7-8,11H2,1-4H3,(H3,23,24,25,26,28)/t30-/m1/s1. The van der Waals surface area contributed by atoms with E-state index in [1.165, 1.54) is 31.6 Å². The molecule has 1 saturated carbocycles. The lowest BCUT2D eigenvalue weighted by molar-refractivity contribution is 0.0779. The summed E-state index contributed by atoms with van der Waals surface area (Å²) in [6.07, 6.45) is 5.77. The lowest BCUT2D eigenvalue weighted by Gasteiger charge is -2.27. The molecule has 30 heavy (non-hydrogen) atoms. The second kappa shape index (κ2) is 8.43. The fraction of sp³-hybridized carbons (Fsp3) is 0.500. The van der Waals surface area contributed by atoms with Gasteiger partial charge in [0.1, 0.15) is 0 Å². The summed E-state index contributed by atoms with van der Waals surface area (Å²) in [6.45, 7) is 7.22. The molecule has 0 spiro atoms. The number of amides is 2. The largest absolute Gasteiger partial charge is 0.452 e. The van der Waals surface area contributed by atoms with Crippen molar-refractivity contribution in [3.63, 3.8) is 0 Å². The normalized spacial score (nSPS) is 16.7. The minimum atomic E-state index is -3.72. The fourth-order valence-corrected chi connectivity index (χ4v) is 4.43. The number of benzene rings is 1. The maximum atomic E-state index is 12.8. The SMILES string of the molecule is CC(C)c1cccc(CC2CCC2)c1NC(=O)N[S@@](=N)(=O)c1cc(C(C)(C)O)co1. The van der Waals surface area contributed by atoms with Crippen molar-refractivity contribution in [3.8, 4) is 0 Å². The van der Waals surface area contributed by atoms with Crippen LogP contribution < -0.4 is 10.0 Å². The second-order valence-corrected chi connectivity index (χ2v) is 10.6. The quantitative estimate of drug-likeness (QED) is 0.485. The van der Waals surface area contributed by atoms with Crippen LogP contribution in [0, 0.1) is 10.7 Å². The Morgan fingerprint density at radius 1 is 1.37 bits per heavy atom. The fourth-order valence-electron chi connectivity index (χ4n) is 3.54. The highest BCUT2D eigenvalue weighted by molar-refractivity contribution is 7.91. The lowest BCUT2D eigenvalue weighted by atomic mass is 9.80. The highest BCUT2D eigenvalue weighted by atomic mass is 32.2. The number of urea groups is 1. The van der Waals surface area contributed by atoms with Crippen molar-refractivity contribution in [3.05, 3.63) is 47.2 Å². The van der Waals surface area contributed by atoms with Crippen LogP contribution in [0.3, 0.4) is 0 Å². The number of anilines is 1. The summed E-state index contributed by atoms with van der Waals surface area (Å²) in [6, 6.07) is 6.60. The molecule has 0 bridgehead atoms. The van der Waals surface area contributed by atoms with Crippen LogP contribution in [-0.2, 0) is 21.9 Å². The molecule has 0 radical (unpaired) electrons. The van der Waals surface area contributed by atoms with Gasteiger partial charge in [-0.15, -0.1) is 0 Å². The zero-order valence-electron chi connectivity index (χ0n) is 18.0. The third-order valence-electron chi connectivity index (χ3n) is 5.58. The summed E-state index contributed by atoms with van der Waals surface area (Å²) in [5, 5.41) is 12.7. The molecule has 0 saturated heterocycles. The van der Waals surface area contributed by atoms with Crippen molar-refractivity contribution in [2.75, 3.05) is 5.32 Å². The molecule has 4 N–H and O–H groups in total. The summed E-state index contributed by atoms with van der Waals surface area (Å²) < 4.78 is 28.3. The van der Waals surface area contributed by atoms with Crippen LogP contribution in [-0.4, -0.2) is 15.3 Å². The number of furan rings is 1. The summed E-state index contributed by atoms with van der Waals surface area (Å²) >= 11 is 0. The molecular formula is C22H31N3O4S. The average molecular weight is 434 g/mol. The van der Waals surface area contributed by atoms with E-state index in [9.17, 15) is 14.1 Å². The van der Waals surface area contributed by atoms with Gasteiger partial charge < -0.3 is 14.8 Å². The number of carbonyl (C=O) groups excluding carboxylic acids is 1. The lowest BCUT2D eigenvalue weighted by Crippen LogP contribution is -2.34. The minimum Gasteiger partial charge on any atom is -0.452 e. The van der Waals surface area contributed by atoms with Crippen LogP contribution in [0.1, 0.15) is 69.6 Å². The molecule has 1 aliphatic rings. The number of nitrogens with one attached hydrogen (secondary N) is 3. The van der Waals surface area contributed by atoms with Gasteiger partial charge >= 0.3 is 6.03 Å². The smallest absolute Gasteiger partial charge is 0.332 e. The molecule has 1 aromatic carbocycles. The first-order chi connectivity index (χ1) is 14.0. The molecule has 8 heteroatoms. The summed E-state index contributed by atoms with van der Waals surface area (Å²) in [7, 11) is -3.72. The molecule has 0 aliphatic heterocycles. The summed E-state index contributed by atoms with van der Waals surface area (Å²) in [4.78, 5) is 12.7. The molecule has 1 atom stereocenters. The van der Waals surface area contributed by atoms with Crippen LogP contribution in [0.15, 0.2) is 40.0 Å². The zero-order valence-corrected chi connectivity index (χ0v) is 18.8. The highest BCUT2D eigenvalue weighted by Crippen LogP contribution is 2.35. The number of hydrogen-bond acceptors (Lipinski definition) is 5. The first kappa shape index (κ1) is 22.4. The minimum absolute atomic E-state index is 0.196. The van der Waals surface area contributed by atoms with Gasteiger partial charge in [-0.25, -0.2) is 18.5 Å². The third-order valence-corrected chi connectivity index (χ3v) is 6.83. The van der Waals surface area contributed by atoms with Gasteiger partial charge in [0.25, 0.3) is 0 Å². The maximum Gasteiger partial charge on any atom is 0.332 e. The molecule has 1 fully saturated rings. The maximum absolute atomic E-state index is 12.8. The van der Waals surface area contributed by atoms with Gasteiger partial charge in [-0.1, -0.05) is 51.3 Å². The molecular weight excluding hydrogens is 402 g/mol. The summed E-state index contributed by atoms with van der Waals surface area (Å²) in [5.41, 5.74) is 1.96. The summed E-state index contributed by atoms with van der Waals surface area (Å²) in [5.74, 6) is 0.821.